The largest absolute Gasteiger partial charge is 0.483 e. The quantitative estimate of drug-likeness (QED) is 0.573. The summed E-state index contributed by atoms with van der Waals surface area (Å²) in [7, 11) is 0. The standard InChI is InChI=1S/C15H15N3O2/c16-15(17)12-8-4-5-9-13(12)20-10-14(19)18-11-6-2-1-3-7-11/h1-9H,10H2,(H3,16,17)(H,18,19). The molecule has 0 spiro atoms. The molecule has 2 aromatic carbocycles. The molecule has 0 aromatic heterocycles. The maximum absolute atomic E-state index is 11.7. The van der Waals surface area contributed by atoms with Gasteiger partial charge >= 0.3 is 0 Å². The van der Waals surface area contributed by atoms with Crippen molar-refractivity contribution in [2.75, 3.05) is 11.9 Å². The zero-order valence-corrected chi connectivity index (χ0v) is 10.8. The van der Waals surface area contributed by atoms with Gasteiger partial charge in [0.05, 0.1) is 5.56 Å². The monoisotopic (exact) mass is 269 g/mol. The minimum absolute atomic E-state index is 0.0935. The molecule has 0 bridgehead atoms. The molecule has 2 rings (SSSR count). The summed E-state index contributed by atoms with van der Waals surface area (Å²) in [6.45, 7) is -0.140. The molecule has 102 valence electrons. The molecule has 0 aliphatic rings. The van der Waals surface area contributed by atoms with E-state index in [4.69, 9.17) is 15.9 Å². The van der Waals surface area contributed by atoms with Gasteiger partial charge in [0, 0.05) is 5.69 Å². The molecule has 0 unspecified atom stereocenters. The predicted molar refractivity (Wildman–Crippen MR) is 78.0 cm³/mol. The SMILES string of the molecule is N=C(N)c1ccccc1OCC(=O)Nc1ccccc1. The van der Waals surface area contributed by atoms with Crippen LogP contribution in [0.4, 0.5) is 5.69 Å². The number of hydrogen-bond acceptors (Lipinski definition) is 3. The Kier molecular flexibility index (Phi) is 4.34. The van der Waals surface area contributed by atoms with Crippen LogP contribution in [0.3, 0.4) is 0 Å². The average Bonchev–Trinajstić information content (AvgIpc) is 2.46. The Morgan fingerprint density at radius 1 is 1.10 bits per heavy atom. The van der Waals surface area contributed by atoms with Crippen LogP contribution in [0.1, 0.15) is 5.56 Å². The van der Waals surface area contributed by atoms with E-state index >= 15 is 0 Å². The first kappa shape index (κ1) is 13.6. The van der Waals surface area contributed by atoms with E-state index in [2.05, 4.69) is 5.32 Å². The van der Waals surface area contributed by atoms with Crippen LogP contribution in [0, 0.1) is 5.41 Å². The highest BCUT2D eigenvalue weighted by Gasteiger charge is 2.08. The Labute approximate surface area is 116 Å². The average molecular weight is 269 g/mol. The topological polar surface area (TPSA) is 88.2 Å². The molecule has 1 amide bonds. The summed E-state index contributed by atoms with van der Waals surface area (Å²) in [5.41, 5.74) is 6.63. The number of nitrogen functional groups attached to an aromatic ring is 1. The maximum atomic E-state index is 11.7. The van der Waals surface area contributed by atoms with Crippen molar-refractivity contribution in [2.24, 2.45) is 5.73 Å². The van der Waals surface area contributed by atoms with Gasteiger partial charge < -0.3 is 15.8 Å². The number of ether oxygens (including phenoxy) is 1. The van der Waals surface area contributed by atoms with Gasteiger partial charge in [-0.3, -0.25) is 10.2 Å². The molecule has 0 saturated heterocycles. The lowest BCUT2D eigenvalue weighted by Crippen LogP contribution is -2.21. The Morgan fingerprint density at radius 2 is 1.75 bits per heavy atom. The van der Waals surface area contributed by atoms with Crippen LogP contribution in [0.15, 0.2) is 54.6 Å². The highest BCUT2D eigenvalue weighted by Crippen LogP contribution is 2.17. The van der Waals surface area contributed by atoms with Gasteiger partial charge in [0.1, 0.15) is 11.6 Å². The van der Waals surface area contributed by atoms with Gasteiger partial charge in [-0.05, 0) is 24.3 Å². The number of nitrogens with two attached hydrogens (primary N) is 1. The van der Waals surface area contributed by atoms with Crippen molar-refractivity contribution in [1.29, 1.82) is 5.41 Å². The second kappa shape index (κ2) is 6.38. The number of amides is 1. The number of benzene rings is 2. The summed E-state index contributed by atoms with van der Waals surface area (Å²) in [6, 6.07) is 16.0. The van der Waals surface area contributed by atoms with Crippen LogP contribution in [-0.4, -0.2) is 18.3 Å². The summed E-state index contributed by atoms with van der Waals surface area (Å²) >= 11 is 0. The lowest BCUT2D eigenvalue weighted by molar-refractivity contribution is -0.118. The van der Waals surface area contributed by atoms with Gasteiger partial charge in [-0.25, -0.2) is 0 Å². The van der Waals surface area contributed by atoms with Crippen molar-refractivity contribution in [3.63, 3.8) is 0 Å². The summed E-state index contributed by atoms with van der Waals surface area (Å²) in [6.07, 6.45) is 0. The van der Waals surface area contributed by atoms with Crippen molar-refractivity contribution >= 4 is 17.4 Å². The first-order chi connectivity index (χ1) is 9.66. The van der Waals surface area contributed by atoms with E-state index in [1.807, 2.05) is 18.2 Å². The van der Waals surface area contributed by atoms with Crippen LogP contribution < -0.4 is 15.8 Å². The van der Waals surface area contributed by atoms with Crippen LogP contribution in [0.2, 0.25) is 0 Å². The first-order valence-electron chi connectivity index (χ1n) is 6.08. The number of hydrogen-bond donors (Lipinski definition) is 3. The van der Waals surface area contributed by atoms with E-state index in [1.165, 1.54) is 0 Å². The van der Waals surface area contributed by atoms with E-state index in [0.717, 1.165) is 0 Å². The Hall–Kier alpha value is -2.82. The number of amidine groups is 1. The van der Waals surface area contributed by atoms with Crippen LogP contribution >= 0.6 is 0 Å². The third-order valence-corrected chi connectivity index (χ3v) is 2.59. The van der Waals surface area contributed by atoms with Gasteiger partial charge in [-0.1, -0.05) is 30.3 Å². The molecule has 0 atom stereocenters. The lowest BCUT2D eigenvalue weighted by Gasteiger charge is -2.10. The molecule has 0 aliphatic heterocycles. The van der Waals surface area contributed by atoms with Crippen molar-refractivity contribution < 1.29 is 9.53 Å². The van der Waals surface area contributed by atoms with Crippen LogP contribution in [0.25, 0.3) is 0 Å². The molecule has 5 nitrogen and oxygen atoms in total. The molecule has 0 radical (unpaired) electrons. The molecule has 5 heteroatoms. The van der Waals surface area contributed by atoms with E-state index in [0.29, 0.717) is 17.0 Å². The normalized spacial score (nSPS) is 9.80. The highest BCUT2D eigenvalue weighted by atomic mass is 16.5. The third-order valence-electron chi connectivity index (χ3n) is 2.59. The molecule has 0 fully saturated rings. The van der Waals surface area contributed by atoms with Crippen molar-refractivity contribution in [3.05, 3.63) is 60.2 Å². The zero-order chi connectivity index (χ0) is 14.4. The smallest absolute Gasteiger partial charge is 0.262 e. The number of anilines is 1. The fraction of sp³-hybridized carbons (Fsp3) is 0.0667. The van der Waals surface area contributed by atoms with E-state index in [-0.39, 0.29) is 18.3 Å². The maximum Gasteiger partial charge on any atom is 0.262 e. The van der Waals surface area contributed by atoms with Crippen molar-refractivity contribution in [1.82, 2.24) is 0 Å². The van der Waals surface area contributed by atoms with Gasteiger partial charge in [-0.15, -0.1) is 0 Å². The Bertz CT molecular complexity index is 612. The van der Waals surface area contributed by atoms with Crippen LogP contribution in [-0.2, 0) is 4.79 Å². The van der Waals surface area contributed by atoms with Gasteiger partial charge in [-0.2, -0.15) is 0 Å². The number of carbonyl (C=O) groups excluding carboxylic acids is 1. The highest BCUT2D eigenvalue weighted by molar-refractivity contribution is 5.98. The van der Waals surface area contributed by atoms with Gasteiger partial charge in [0.25, 0.3) is 5.91 Å². The Balaban J connectivity index is 1.96. The fourth-order valence-electron chi connectivity index (χ4n) is 1.68. The van der Waals surface area contributed by atoms with E-state index in [9.17, 15) is 4.79 Å². The fourth-order valence-corrected chi connectivity index (χ4v) is 1.68. The second-order valence-corrected chi connectivity index (χ2v) is 4.11. The molecular weight excluding hydrogens is 254 g/mol. The first-order valence-corrected chi connectivity index (χ1v) is 6.08. The summed E-state index contributed by atoms with van der Waals surface area (Å²) < 4.78 is 5.40. The Morgan fingerprint density at radius 3 is 2.45 bits per heavy atom. The lowest BCUT2D eigenvalue weighted by atomic mass is 10.2. The molecular formula is C15H15N3O2. The minimum Gasteiger partial charge on any atom is -0.483 e. The number of carbonyl (C=O) groups is 1. The van der Waals surface area contributed by atoms with Crippen LogP contribution in [0.5, 0.6) is 5.75 Å². The third kappa shape index (κ3) is 3.58. The second-order valence-electron chi connectivity index (χ2n) is 4.11. The zero-order valence-electron chi connectivity index (χ0n) is 10.8. The summed E-state index contributed by atoms with van der Waals surface area (Å²) in [4.78, 5) is 11.7. The van der Waals surface area contributed by atoms with Crippen molar-refractivity contribution in [2.45, 2.75) is 0 Å². The van der Waals surface area contributed by atoms with E-state index < -0.39 is 0 Å². The van der Waals surface area contributed by atoms with Gasteiger partial charge in [0.15, 0.2) is 6.61 Å². The number of nitrogens with one attached hydrogen (secondary N) is 2. The minimum atomic E-state index is -0.269. The molecule has 20 heavy (non-hydrogen) atoms. The predicted octanol–water partition coefficient (Wildman–Crippen LogP) is 1.99. The molecule has 2 aromatic rings. The van der Waals surface area contributed by atoms with E-state index in [1.54, 1.807) is 36.4 Å². The summed E-state index contributed by atoms with van der Waals surface area (Å²) in [5, 5.41) is 10.2. The van der Waals surface area contributed by atoms with Crippen molar-refractivity contribution in [3.8, 4) is 5.75 Å². The molecule has 0 saturated carbocycles. The number of para-hydroxylation sites is 2. The van der Waals surface area contributed by atoms with Gasteiger partial charge in [0.2, 0.25) is 0 Å². The molecule has 0 aliphatic carbocycles. The molecule has 4 N–H and O–H groups in total. The number of rotatable bonds is 5. The molecule has 0 heterocycles. The summed E-state index contributed by atoms with van der Waals surface area (Å²) in [5.74, 6) is 0.0573.